The summed E-state index contributed by atoms with van der Waals surface area (Å²) in [5.41, 5.74) is 0. The highest BCUT2D eigenvalue weighted by atomic mass is 35.5. The number of nitrogens with zero attached hydrogens (tertiary/aromatic N) is 1. The minimum Gasteiger partial charge on any atom is -0.414 e. The summed E-state index contributed by atoms with van der Waals surface area (Å²) < 4.78 is 18.6. The maximum absolute atomic E-state index is 6.21. The number of halogens is 2. The molecule has 1 heterocycles. The molecule has 0 aliphatic carbocycles. The third-order valence-corrected chi connectivity index (χ3v) is 4.54. The summed E-state index contributed by atoms with van der Waals surface area (Å²) in [6, 6.07) is 27.4. The zero-order chi connectivity index (χ0) is 20.1. The number of imidazole rings is 1. The van der Waals surface area contributed by atoms with E-state index in [0.717, 1.165) is 0 Å². The van der Waals surface area contributed by atoms with Crippen LogP contribution in [-0.4, -0.2) is 9.97 Å². The Morgan fingerprint density at radius 1 is 0.621 bits per heavy atom. The molecule has 0 bridgehead atoms. The van der Waals surface area contributed by atoms with Crippen LogP contribution in [0.4, 0.5) is 0 Å². The van der Waals surface area contributed by atoms with Gasteiger partial charge in [0, 0.05) is 0 Å². The average Bonchev–Trinajstić information content (AvgIpc) is 3.09. The molecule has 29 heavy (non-hydrogen) atoms. The van der Waals surface area contributed by atoms with Crippen molar-refractivity contribution in [2.24, 2.45) is 0 Å². The Hall–Kier alpha value is -3.15. The van der Waals surface area contributed by atoms with Crippen LogP contribution in [0, 0.1) is 0 Å². The quantitative estimate of drug-likeness (QED) is 0.364. The van der Waals surface area contributed by atoms with Crippen molar-refractivity contribution in [1.82, 2.24) is 9.97 Å². The highest BCUT2D eigenvalue weighted by Gasteiger charge is 2.45. The van der Waals surface area contributed by atoms with Gasteiger partial charge in [-0.2, -0.15) is 0 Å². The Labute approximate surface area is 177 Å². The van der Waals surface area contributed by atoms with E-state index in [-0.39, 0.29) is 16.1 Å². The number of rotatable bonds is 7. The van der Waals surface area contributed by atoms with Crippen LogP contribution in [-0.2, 0) is 5.97 Å². The molecule has 7 heteroatoms. The third kappa shape index (κ3) is 4.47. The van der Waals surface area contributed by atoms with Crippen molar-refractivity contribution in [1.29, 1.82) is 0 Å². The number of nitrogens with one attached hydrogen (secondary N) is 1. The predicted molar refractivity (Wildman–Crippen MR) is 111 cm³/mol. The van der Waals surface area contributed by atoms with Crippen molar-refractivity contribution in [2.75, 3.05) is 0 Å². The Kier molecular flexibility index (Phi) is 5.60. The van der Waals surface area contributed by atoms with Gasteiger partial charge in [-0.25, -0.2) is 4.98 Å². The first-order valence-electron chi connectivity index (χ1n) is 8.78. The normalized spacial score (nSPS) is 11.1. The van der Waals surface area contributed by atoms with Gasteiger partial charge in [0.2, 0.25) is 5.82 Å². The Morgan fingerprint density at radius 2 is 1.00 bits per heavy atom. The maximum Gasteiger partial charge on any atom is 0.482 e. The molecule has 5 nitrogen and oxygen atoms in total. The molecule has 0 fully saturated rings. The first kappa shape index (κ1) is 19.2. The second kappa shape index (κ2) is 8.47. The third-order valence-electron chi connectivity index (χ3n) is 3.90. The van der Waals surface area contributed by atoms with Gasteiger partial charge in [0.25, 0.3) is 0 Å². The fourth-order valence-corrected chi connectivity index (χ4v) is 2.88. The van der Waals surface area contributed by atoms with Gasteiger partial charge in [0.1, 0.15) is 22.4 Å². The van der Waals surface area contributed by atoms with Gasteiger partial charge in [-0.15, -0.1) is 0 Å². The SMILES string of the molecule is Clc1nc(C(Oc2ccccc2)(Oc2ccccc2)Oc2ccccc2)[nH]c1Cl. The van der Waals surface area contributed by atoms with Crippen LogP contribution in [0.3, 0.4) is 0 Å². The standard InChI is InChI=1S/C22H16Cl2N2O3/c23-19-20(24)26-21(25-19)22(27-16-10-4-1-5-11-16,28-17-12-6-2-7-13-17)29-18-14-8-3-9-15-18/h1-15H,(H,25,26). The largest absolute Gasteiger partial charge is 0.482 e. The summed E-state index contributed by atoms with van der Waals surface area (Å²) in [5.74, 6) is -0.154. The lowest BCUT2D eigenvalue weighted by molar-refractivity contribution is -0.268. The van der Waals surface area contributed by atoms with Crippen LogP contribution in [0.2, 0.25) is 10.3 Å². The maximum atomic E-state index is 6.21. The van der Waals surface area contributed by atoms with Gasteiger partial charge in [0.05, 0.1) is 0 Å². The van der Waals surface area contributed by atoms with Crippen LogP contribution in [0.15, 0.2) is 91.0 Å². The van der Waals surface area contributed by atoms with Crippen LogP contribution in [0.1, 0.15) is 5.82 Å². The van der Waals surface area contributed by atoms with Crippen LogP contribution < -0.4 is 14.2 Å². The lowest BCUT2D eigenvalue weighted by atomic mass is 10.3. The van der Waals surface area contributed by atoms with Gasteiger partial charge in [-0.3, -0.25) is 0 Å². The molecule has 0 aliphatic heterocycles. The van der Waals surface area contributed by atoms with Gasteiger partial charge in [0.15, 0.2) is 5.15 Å². The second-order valence-electron chi connectivity index (χ2n) is 5.99. The summed E-state index contributed by atoms with van der Waals surface area (Å²) in [5, 5.41) is 0.229. The molecule has 0 spiro atoms. The van der Waals surface area contributed by atoms with E-state index in [1.54, 1.807) is 36.4 Å². The van der Waals surface area contributed by atoms with Crippen molar-refractivity contribution in [3.05, 3.63) is 107 Å². The first-order chi connectivity index (χ1) is 14.1. The molecule has 3 aromatic carbocycles. The van der Waals surface area contributed by atoms with Crippen molar-refractivity contribution in [3.8, 4) is 17.2 Å². The summed E-state index contributed by atoms with van der Waals surface area (Å²) in [6.45, 7) is 0. The molecule has 0 radical (unpaired) electrons. The fourth-order valence-electron chi connectivity index (χ4n) is 2.61. The van der Waals surface area contributed by atoms with Gasteiger partial charge in [-0.1, -0.05) is 77.8 Å². The van der Waals surface area contributed by atoms with E-state index in [1.807, 2.05) is 54.6 Å². The van der Waals surface area contributed by atoms with Gasteiger partial charge >= 0.3 is 5.97 Å². The Morgan fingerprint density at radius 3 is 1.31 bits per heavy atom. The lowest BCUT2D eigenvalue weighted by Gasteiger charge is -2.32. The molecule has 0 aliphatic rings. The van der Waals surface area contributed by atoms with Crippen molar-refractivity contribution in [3.63, 3.8) is 0 Å². The highest BCUT2D eigenvalue weighted by molar-refractivity contribution is 6.40. The van der Waals surface area contributed by atoms with Crippen molar-refractivity contribution < 1.29 is 14.2 Å². The van der Waals surface area contributed by atoms with E-state index < -0.39 is 5.97 Å². The van der Waals surface area contributed by atoms with Crippen molar-refractivity contribution in [2.45, 2.75) is 5.97 Å². The Bertz CT molecular complexity index is 936. The second-order valence-corrected chi connectivity index (χ2v) is 6.73. The van der Waals surface area contributed by atoms with Crippen molar-refractivity contribution >= 4 is 23.2 Å². The smallest absolute Gasteiger partial charge is 0.414 e. The van der Waals surface area contributed by atoms with E-state index in [0.29, 0.717) is 17.2 Å². The van der Waals surface area contributed by atoms with Crippen LogP contribution >= 0.6 is 23.2 Å². The molecule has 146 valence electrons. The molecule has 0 saturated heterocycles. The molecule has 1 aromatic heterocycles. The number of ether oxygens (including phenoxy) is 3. The number of hydrogen-bond donors (Lipinski definition) is 1. The van der Waals surface area contributed by atoms with Crippen LogP contribution in [0.25, 0.3) is 0 Å². The fraction of sp³-hybridized carbons (Fsp3) is 0.0455. The molecule has 0 unspecified atom stereocenters. The van der Waals surface area contributed by atoms with E-state index in [2.05, 4.69) is 9.97 Å². The number of benzene rings is 3. The average molecular weight is 427 g/mol. The molecule has 0 atom stereocenters. The molecular formula is C22H16Cl2N2O3. The van der Waals surface area contributed by atoms with Gasteiger partial charge < -0.3 is 19.2 Å². The van der Waals surface area contributed by atoms with E-state index in [9.17, 15) is 0 Å². The number of para-hydroxylation sites is 3. The molecule has 0 saturated carbocycles. The zero-order valence-corrected chi connectivity index (χ0v) is 16.6. The number of aromatic amines is 1. The molecule has 1 N–H and O–H groups in total. The molecular weight excluding hydrogens is 411 g/mol. The highest BCUT2D eigenvalue weighted by Crippen LogP contribution is 2.35. The molecule has 4 aromatic rings. The van der Waals surface area contributed by atoms with E-state index in [1.165, 1.54) is 0 Å². The van der Waals surface area contributed by atoms with Crippen LogP contribution in [0.5, 0.6) is 17.2 Å². The lowest BCUT2D eigenvalue weighted by Crippen LogP contribution is -2.46. The number of H-pyrrole nitrogens is 1. The Balaban J connectivity index is 1.84. The zero-order valence-electron chi connectivity index (χ0n) is 15.1. The van der Waals surface area contributed by atoms with E-state index >= 15 is 0 Å². The minimum atomic E-state index is -1.82. The summed E-state index contributed by atoms with van der Waals surface area (Å²) in [4.78, 5) is 7.17. The summed E-state index contributed by atoms with van der Waals surface area (Å²) >= 11 is 12.2. The summed E-state index contributed by atoms with van der Waals surface area (Å²) in [7, 11) is 0. The van der Waals surface area contributed by atoms with Gasteiger partial charge in [-0.05, 0) is 36.4 Å². The predicted octanol–water partition coefficient (Wildman–Crippen LogP) is 6.06. The number of hydrogen-bond acceptors (Lipinski definition) is 4. The molecule has 4 rings (SSSR count). The monoisotopic (exact) mass is 426 g/mol. The number of aromatic nitrogens is 2. The molecule has 0 amide bonds. The minimum absolute atomic E-state index is 0.0797. The first-order valence-corrected chi connectivity index (χ1v) is 9.54. The van der Waals surface area contributed by atoms with E-state index in [4.69, 9.17) is 37.4 Å². The summed E-state index contributed by atoms with van der Waals surface area (Å²) in [6.07, 6.45) is 0. The topological polar surface area (TPSA) is 56.4 Å².